The highest BCUT2D eigenvalue weighted by molar-refractivity contribution is 5.73. The standard InChI is InChI=1S/C9H16FNO5/c1-4(13)11-7-6(10)8(14)5(3-12)16-9(7)15-2/h5-9,12,14H,3H2,1-2H3,(H,11,13)/t5-,6+,7-,8-,9+/m1/s1. The number of amides is 1. The molecule has 0 unspecified atom stereocenters. The number of carbonyl (C=O) groups is 1. The van der Waals surface area contributed by atoms with Gasteiger partial charge in [0.05, 0.1) is 6.61 Å². The molecule has 1 saturated heterocycles. The zero-order valence-corrected chi connectivity index (χ0v) is 9.09. The Hall–Kier alpha value is -0.760. The SMILES string of the molecule is CO[C@H]1O[C@H](CO)[C@@H](O)[C@@H](F)[C@H]1NC(C)=O. The molecule has 5 atom stereocenters. The molecule has 0 aromatic carbocycles. The second-order valence-corrected chi connectivity index (χ2v) is 3.62. The predicted octanol–water partition coefficient (Wildman–Crippen LogP) is -1.45. The summed E-state index contributed by atoms with van der Waals surface area (Å²) in [6, 6.07) is -1.08. The molecule has 0 spiro atoms. The van der Waals surface area contributed by atoms with Gasteiger partial charge in [-0.1, -0.05) is 0 Å². The van der Waals surface area contributed by atoms with Crippen molar-refractivity contribution in [2.75, 3.05) is 13.7 Å². The fourth-order valence-electron chi connectivity index (χ4n) is 1.64. The number of methoxy groups -OCH3 is 1. The summed E-state index contributed by atoms with van der Waals surface area (Å²) >= 11 is 0. The summed E-state index contributed by atoms with van der Waals surface area (Å²) in [7, 11) is 1.29. The Morgan fingerprint density at radius 3 is 2.69 bits per heavy atom. The van der Waals surface area contributed by atoms with Crippen LogP contribution in [-0.4, -0.2) is 60.5 Å². The van der Waals surface area contributed by atoms with Gasteiger partial charge in [0.25, 0.3) is 0 Å². The number of hydrogen-bond acceptors (Lipinski definition) is 5. The molecule has 16 heavy (non-hydrogen) atoms. The Morgan fingerprint density at radius 2 is 2.25 bits per heavy atom. The highest BCUT2D eigenvalue weighted by atomic mass is 19.1. The molecule has 1 rings (SSSR count). The highest BCUT2D eigenvalue weighted by Gasteiger charge is 2.46. The Balaban J connectivity index is 2.77. The van der Waals surface area contributed by atoms with E-state index in [2.05, 4.69) is 5.32 Å². The van der Waals surface area contributed by atoms with Gasteiger partial charge in [0, 0.05) is 14.0 Å². The van der Waals surface area contributed by atoms with Crippen LogP contribution in [0.25, 0.3) is 0 Å². The second-order valence-electron chi connectivity index (χ2n) is 3.62. The van der Waals surface area contributed by atoms with E-state index in [-0.39, 0.29) is 0 Å². The number of aliphatic hydroxyl groups is 2. The Morgan fingerprint density at radius 1 is 1.62 bits per heavy atom. The number of aliphatic hydroxyl groups excluding tert-OH is 2. The molecule has 3 N–H and O–H groups in total. The average molecular weight is 237 g/mol. The lowest BCUT2D eigenvalue weighted by Crippen LogP contribution is -2.62. The number of nitrogens with one attached hydrogen (secondary N) is 1. The molecule has 94 valence electrons. The van der Waals surface area contributed by atoms with Crippen LogP contribution in [0.2, 0.25) is 0 Å². The lowest BCUT2D eigenvalue weighted by atomic mass is 9.98. The van der Waals surface area contributed by atoms with E-state index in [1.807, 2.05) is 0 Å². The maximum Gasteiger partial charge on any atom is 0.217 e. The van der Waals surface area contributed by atoms with Crippen LogP contribution in [0.4, 0.5) is 4.39 Å². The quantitative estimate of drug-likeness (QED) is 0.559. The van der Waals surface area contributed by atoms with Crippen LogP contribution in [0.5, 0.6) is 0 Å². The number of ether oxygens (including phenoxy) is 2. The molecule has 0 saturated carbocycles. The maximum atomic E-state index is 13.7. The van der Waals surface area contributed by atoms with Gasteiger partial charge in [-0.05, 0) is 0 Å². The molecule has 1 heterocycles. The first-order valence-electron chi connectivity index (χ1n) is 4.89. The van der Waals surface area contributed by atoms with Crippen LogP contribution < -0.4 is 5.32 Å². The summed E-state index contributed by atoms with van der Waals surface area (Å²) in [5.74, 6) is -0.451. The van der Waals surface area contributed by atoms with Crippen LogP contribution in [0.1, 0.15) is 6.92 Å². The van der Waals surface area contributed by atoms with Crippen molar-refractivity contribution in [1.29, 1.82) is 0 Å². The van der Waals surface area contributed by atoms with E-state index in [0.29, 0.717) is 0 Å². The normalized spacial score (nSPS) is 39.4. The van der Waals surface area contributed by atoms with E-state index >= 15 is 0 Å². The van der Waals surface area contributed by atoms with Gasteiger partial charge in [0.1, 0.15) is 18.2 Å². The lowest BCUT2D eigenvalue weighted by molar-refractivity contribution is -0.252. The van der Waals surface area contributed by atoms with Crippen LogP contribution in [0, 0.1) is 0 Å². The fourth-order valence-corrected chi connectivity index (χ4v) is 1.64. The summed E-state index contributed by atoms with van der Waals surface area (Å²) in [6.07, 6.45) is -5.32. The van der Waals surface area contributed by atoms with E-state index < -0.39 is 43.2 Å². The zero-order valence-electron chi connectivity index (χ0n) is 9.09. The third-order valence-corrected chi connectivity index (χ3v) is 2.43. The van der Waals surface area contributed by atoms with E-state index in [0.717, 1.165) is 0 Å². The molecular weight excluding hydrogens is 221 g/mol. The summed E-state index contributed by atoms with van der Waals surface area (Å²) in [5, 5.41) is 20.6. The first-order chi connectivity index (χ1) is 7.51. The van der Waals surface area contributed by atoms with Gasteiger partial charge < -0.3 is 25.0 Å². The summed E-state index contributed by atoms with van der Waals surface area (Å²) in [6.45, 7) is 0.707. The topological polar surface area (TPSA) is 88.0 Å². The van der Waals surface area contributed by atoms with Crippen molar-refractivity contribution in [3.05, 3.63) is 0 Å². The molecule has 1 amide bonds. The zero-order chi connectivity index (χ0) is 12.3. The van der Waals surface area contributed by atoms with Crippen molar-refractivity contribution in [3.8, 4) is 0 Å². The summed E-state index contributed by atoms with van der Waals surface area (Å²) in [5.41, 5.74) is 0. The first kappa shape index (κ1) is 13.3. The molecule has 7 heteroatoms. The molecule has 0 aromatic rings. The van der Waals surface area contributed by atoms with Crippen LogP contribution >= 0.6 is 0 Å². The molecule has 1 aliphatic rings. The number of hydrogen-bond donors (Lipinski definition) is 3. The van der Waals surface area contributed by atoms with Crippen LogP contribution in [0.3, 0.4) is 0 Å². The average Bonchev–Trinajstić information content (AvgIpc) is 2.25. The van der Waals surface area contributed by atoms with Crippen molar-refractivity contribution in [2.24, 2.45) is 0 Å². The van der Waals surface area contributed by atoms with Gasteiger partial charge in [-0.2, -0.15) is 0 Å². The Bertz CT molecular complexity index is 250. The second kappa shape index (κ2) is 5.53. The van der Waals surface area contributed by atoms with E-state index in [4.69, 9.17) is 14.6 Å². The number of rotatable bonds is 3. The molecule has 6 nitrogen and oxygen atoms in total. The number of alkyl halides is 1. The van der Waals surface area contributed by atoms with E-state index in [1.165, 1.54) is 14.0 Å². The molecule has 0 aromatic heterocycles. The Labute approximate surface area is 92.3 Å². The Kier molecular flexibility index (Phi) is 4.60. The smallest absolute Gasteiger partial charge is 0.217 e. The monoisotopic (exact) mass is 237 g/mol. The minimum Gasteiger partial charge on any atom is -0.394 e. The van der Waals surface area contributed by atoms with Crippen molar-refractivity contribution in [3.63, 3.8) is 0 Å². The van der Waals surface area contributed by atoms with Crippen molar-refractivity contribution >= 4 is 5.91 Å². The van der Waals surface area contributed by atoms with Gasteiger partial charge in [0.15, 0.2) is 12.5 Å². The summed E-state index contributed by atoms with van der Waals surface area (Å²) in [4.78, 5) is 10.9. The van der Waals surface area contributed by atoms with Crippen molar-refractivity contribution in [1.82, 2.24) is 5.32 Å². The van der Waals surface area contributed by atoms with Gasteiger partial charge in [-0.25, -0.2) is 4.39 Å². The molecule has 0 radical (unpaired) electrons. The minimum atomic E-state index is -1.75. The maximum absolute atomic E-state index is 13.7. The van der Waals surface area contributed by atoms with Gasteiger partial charge in [0.2, 0.25) is 5.91 Å². The fraction of sp³-hybridized carbons (Fsp3) is 0.889. The molecule has 0 aliphatic carbocycles. The van der Waals surface area contributed by atoms with Crippen LogP contribution in [-0.2, 0) is 14.3 Å². The third kappa shape index (κ3) is 2.67. The largest absolute Gasteiger partial charge is 0.394 e. The van der Waals surface area contributed by atoms with E-state index in [9.17, 15) is 14.3 Å². The van der Waals surface area contributed by atoms with Crippen molar-refractivity contribution in [2.45, 2.75) is 37.6 Å². The molecular formula is C9H16FNO5. The van der Waals surface area contributed by atoms with Crippen LogP contribution in [0.15, 0.2) is 0 Å². The lowest BCUT2D eigenvalue weighted by Gasteiger charge is -2.40. The number of halogens is 1. The van der Waals surface area contributed by atoms with Crippen molar-refractivity contribution < 1.29 is 28.9 Å². The first-order valence-corrected chi connectivity index (χ1v) is 4.89. The van der Waals surface area contributed by atoms with E-state index in [1.54, 1.807) is 0 Å². The highest BCUT2D eigenvalue weighted by Crippen LogP contribution is 2.23. The third-order valence-electron chi connectivity index (χ3n) is 2.43. The van der Waals surface area contributed by atoms with Gasteiger partial charge in [-0.15, -0.1) is 0 Å². The number of carbonyl (C=O) groups excluding carboxylic acids is 1. The summed E-state index contributed by atoms with van der Waals surface area (Å²) < 4.78 is 23.7. The molecule has 1 fully saturated rings. The molecule has 1 aliphatic heterocycles. The minimum absolute atomic E-state index is 0.451. The predicted molar refractivity (Wildman–Crippen MR) is 51.3 cm³/mol. The van der Waals surface area contributed by atoms with Gasteiger partial charge in [-0.3, -0.25) is 4.79 Å². The van der Waals surface area contributed by atoms with Gasteiger partial charge >= 0.3 is 0 Å². The molecule has 0 bridgehead atoms.